The fourth-order valence-corrected chi connectivity index (χ4v) is 7.71. The van der Waals surface area contributed by atoms with Crippen molar-refractivity contribution in [1.29, 1.82) is 0 Å². The van der Waals surface area contributed by atoms with Crippen molar-refractivity contribution in [2.24, 2.45) is 0 Å². The molecule has 0 amide bonds. The highest BCUT2D eigenvalue weighted by Crippen LogP contribution is 2.48. The third-order valence-electron chi connectivity index (χ3n) is 8.67. The van der Waals surface area contributed by atoms with Gasteiger partial charge in [-0.1, -0.05) is 66.2 Å². The molecule has 6 rings (SSSR count). The molecule has 0 saturated heterocycles. The van der Waals surface area contributed by atoms with Gasteiger partial charge in [-0.15, -0.1) is 0 Å². The van der Waals surface area contributed by atoms with Crippen LogP contribution in [0, 0.1) is 0 Å². The van der Waals surface area contributed by atoms with Crippen LogP contribution in [-0.2, 0) is 21.8 Å². The van der Waals surface area contributed by atoms with E-state index in [0.717, 1.165) is 24.1 Å². The number of alkyl halides is 3. The van der Waals surface area contributed by atoms with Gasteiger partial charge in [0, 0.05) is 36.3 Å². The standard InChI is InChI=1S/C34H33ClF3N5O4S/c1-43(27-5-3-2-4-6-27)21-32(15-16-32)48(45,46)20-28(44)24-9-7-23(8-10-24)19-29-39-30(41-31(40-29)47-22-34(36,37)38)42-33(17-18-33)25-11-13-26(35)14-12-25/h2-14H,15-22H2,1H3,(H,39,40,41,42). The topological polar surface area (TPSA) is 114 Å². The minimum atomic E-state index is -4.59. The smallest absolute Gasteiger partial charge is 0.422 e. The average molecular weight is 700 g/mol. The van der Waals surface area contributed by atoms with Crippen LogP contribution < -0.4 is 15.0 Å². The lowest BCUT2D eigenvalue weighted by Crippen LogP contribution is -2.39. The van der Waals surface area contributed by atoms with E-state index in [-0.39, 0.29) is 23.8 Å². The Morgan fingerprint density at radius 1 is 0.938 bits per heavy atom. The number of benzene rings is 3. The quantitative estimate of drug-likeness (QED) is 0.149. The lowest BCUT2D eigenvalue weighted by atomic mass is 10.1. The van der Waals surface area contributed by atoms with Crippen molar-refractivity contribution in [3.63, 3.8) is 0 Å². The van der Waals surface area contributed by atoms with Crippen molar-refractivity contribution in [2.45, 2.75) is 48.6 Å². The first-order chi connectivity index (χ1) is 22.7. The Bertz CT molecular complexity index is 1890. The monoisotopic (exact) mass is 699 g/mol. The van der Waals surface area contributed by atoms with Crippen LogP contribution in [0.3, 0.4) is 0 Å². The molecule has 2 aliphatic rings. The number of carbonyl (C=O) groups is 1. The molecule has 1 aromatic heterocycles. The minimum absolute atomic E-state index is 0.0635. The van der Waals surface area contributed by atoms with E-state index in [1.807, 2.05) is 54.4 Å². The number of para-hydroxylation sites is 1. The van der Waals surface area contributed by atoms with Crippen molar-refractivity contribution in [3.05, 3.63) is 106 Å². The molecular formula is C34H33ClF3N5O4S. The number of sulfone groups is 1. The first kappa shape index (κ1) is 33.7. The summed E-state index contributed by atoms with van der Waals surface area (Å²) < 4.78 is 69.5. The highest BCUT2D eigenvalue weighted by atomic mass is 35.5. The van der Waals surface area contributed by atoms with E-state index in [9.17, 15) is 26.4 Å². The highest BCUT2D eigenvalue weighted by molar-refractivity contribution is 7.93. The molecule has 4 aromatic rings. The van der Waals surface area contributed by atoms with Gasteiger partial charge in [0.2, 0.25) is 5.95 Å². The number of Topliss-reactive ketones (excluding diaryl/α,β-unsaturated/α-hetero) is 1. The van der Waals surface area contributed by atoms with Crippen LogP contribution in [0.4, 0.5) is 24.8 Å². The maximum Gasteiger partial charge on any atom is 0.422 e. The molecule has 14 heteroatoms. The molecule has 252 valence electrons. The summed E-state index contributed by atoms with van der Waals surface area (Å²) in [7, 11) is -1.90. The molecule has 0 unspecified atom stereocenters. The number of ketones is 1. The summed E-state index contributed by atoms with van der Waals surface area (Å²) >= 11 is 6.04. The zero-order chi connectivity index (χ0) is 34.2. The third kappa shape index (κ3) is 7.90. The summed E-state index contributed by atoms with van der Waals surface area (Å²) in [5.41, 5.74) is 2.22. The van der Waals surface area contributed by atoms with Crippen LogP contribution in [0.2, 0.25) is 5.02 Å². The zero-order valence-corrected chi connectivity index (χ0v) is 27.6. The van der Waals surface area contributed by atoms with Gasteiger partial charge in [0.25, 0.3) is 0 Å². The first-order valence-corrected chi connectivity index (χ1v) is 17.4. The number of rotatable bonds is 14. The molecular weight excluding hydrogens is 667 g/mol. The van der Waals surface area contributed by atoms with Gasteiger partial charge < -0.3 is 15.0 Å². The van der Waals surface area contributed by atoms with Gasteiger partial charge in [-0.3, -0.25) is 4.79 Å². The summed E-state index contributed by atoms with van der Waals surface area (Å²) in [6, 6.07) is 22.6. The second-order valence-corrected chi connectivity index (χ2v) is 15.2. The molecule has 2 aliphatic carbocycles. The normalized spacial score (nSPS) is 16.2. The minimum Gasteiger partial charge on any atom is -0.454 e. The number of aromatic nitrogens is 3. The van der Waals surface area contributed by atoms with Crippen molar-refractivity contribution in [2.75, 3.05) is 36.2 Å². The molecule has 3 aromatic carbocycles. The van der Waals surface area contributed by atoms with Crippen LogP contribution in [-0.4, -0.2) is 66.0 Å². The largest absolute Gasteiger partial charge is 0.454 e. The molecule has 0 radical (unpaired) electrons. The second kappa shape index (κ2) is 13.0. The summed E-state index contributed by atoms with van der Waals surface area (Å²) in [5, 5.41) is 3.82. The number of halogens is 4. The van der Waals surface area contributed by atoms with Crippen LogP contribution in [0.1, 0.15) is 53.0 Å². The predicted octanol–water partition coefficient (Wildman–Crippen LogP) is 6.42. The Morgan fingerprint density at radius 3 is 2.21 bits per heavy atom. The van der Waals surface area contributed by atoms with E-state index in [1.165, 1.54) is 12.1 Å². The molecule has 1 heterocycles. The van der Waals surface area contributed by atoms with Gasteiger partial charge in [0.1, 0.15) is 11.6 Å². The molecule has 2 fully saturated rings. The van der Waals surface area contributed by atoms with Crippen LogP contribution in [0.25, 0.3) is 0 Å². The maximum absolute atomic E-state index is 13.4. The number of anilines is 2. The summed E-state index contributed by atoms with van der Waals surface area (Å²) in [5.74, 6) is -0.904. The number of nitrogens with zero attached hydrogens (tertiary/aromatic N) is 4. The lowest BCUT2D eigenvalue weighted by molar-refractivity contribution is -0.154. The van der Waals surface area contributed by atoms with Gasteiger partial charge in [-0.05, 0) is 61.1 Å². The summed E-state index contributed by atoms with van der Waals surface area (Å²) in [6.07, 6.45) is -1.99. The van der Waals surface area contributed by atoms with Crippen LogP contribution in [0.5, 0.6) is 6.01 Å². The molecule has 48 heavy (non-hydrogen) atoms. The van der Waals surface area contributed by atoms with Crippen molar-refractivity contribution < 1.29 is 31.1 Å². The fourth-order valence-electron chi connectivity index (χ4n) is 5.65. The average Bonchev–Trinajstić information content (AvgIpc) is 3.98. The third-order valence-corrected chi connectivity index (χ3v) is 11.4. The maximum atomic E-state index is 13.4. The molecule has 2 saturated carbocycles. The van der Waals surface area contributed by atoms with Crippen molar-refractivity contribution in [3.8, 4) is 6.01 Å². The van der Waals surface area contributed by atoms with Crippen LogP contribution in [0.15, 0.2) is 78.9 Å². The van der Waals surface area contributed by atoms with Gasteiger partial charge >= 0.3 is 12.2 Å². The van der Waals surface area contributed by atoms with Gasteiger partial charge in [0.15, 0.2) is 22.2 Å². The predicted molar refractivity (Wildman–Crippen MR) is 176 cm³/mol. The first-order valence-electron chi connectivity index (χ1n) is 15.3. The lowest BCUT2D eigenvalue weighted by Gasteiger charge is -2.25. The Kier molecular flexibility index (Phi) is 9.12. The van der Waals surface area contributed by atoms with E-state index in [4.69, 9.17) is 16.3 Å². The molecule has 0 bridgehead atoms. The van der Waals surface area contributed by atoms with Crippen LogP contribution >= 0.6 is 11.6 Å². The zero-order valence-electron chi connectivity index (χ0n) is 26.0. The summed E-state index contributed by atoms with van der Waals surface area (Å²) in [6.45, 7) is -1.27. The van der Waals surface area contributed by atoms with E-state index in [2.05, 4.69) is 20.3 Å². The van der Waals surface area contributed by atoms with Gasteiger partial charge in [-0.2, -0.15) is 28.1 Å². The second-order valence-electron chi connectivity index (χ2n) is 12.4. The highest BCUT2D eigenvalue weighted by Gasteiger charge is 2.55. The SMILES string of the molecule is CN(CC1(S(=O)(=O)CC(=O)c2ccc(Cc3nc(NC4(c5ccc(Cl)cc5)CC4)nc(OCC(F)(F)F)n3)cc2)CC1)c1ccccc1. The molecule has 0 atom stereocenters. The fraction of sp³-hybridized carbons (Fsp3) is 0.353. The number of ether oxygens (including phenoxy) is 1. The Morgan fingerprint density at radius 2 is 1.60 bits per heavy atom. The molecule has 9 nitrogen and oxygen atoms in total. The number of hydrogen-bond donors (Lipinski definition) is 1. The van der Waals surface area contributed by atoms with Gasteiger partial charge in [-0.25, -0.2) is 8.42 Å². The number of carbonyl (C=O) groups excluding carboxylic acids is 1. The summed E-state index contributed by atoms with van der Waals surface area (Å²) in [4.78, 5) is 27.7. The number of nitrogens with one attached hydrogen (secondary N) is 1. The van der Waals surface area contributed by atoms with Gasteiger partial charge in [0.05, 0.1) is 10.3 Å². The Hall–Kier alpha value is -4.23. The molecule has 0 spiro atoms. The number of hydrogen-bond acceptors (Lipinski definition) is 9. The Balaban J connectivity index is 1.14. The Labute approximate surface area is 281 Å². The van der Waals surface area contributed by atoms with Crippen molar-refractivity contribution >= 4 is 38.9 Å². The molecule has 1 N–H and O–H groups in total. The van der Waals surface area contributed by atoms with E-state index in [0.29, 0.717) is 30.0 Å². The van der Waals surface area contributed by atoms with Crippen molar-refractivity contribution in [1.82, 2.24) is 15.0 Å². The molecule has 0 aliphatic heterocycles. The van der Waals surface area contributed by atoms with E-state index in [1.54, 1.807) is 24.3 Å². The van der Waals surface area contributed by atoms with E-state index < -0.39 is 50.5 Å². The van der Waals surface area contributed by atoms with E-state index >= 15 is 0 Å².